The van der Waals surface area contributed by atoms with Crippen LogP contribution in [-0.4, -0.2) is 15.0 Å². The lowest BCUT2D eigenvalue weighted by molar-refractivity contribution is 0.398. The number of rotatable bonds is 33. The van der Waals surface area contributed by atoms with Gasteiger partial charge in [0.15, 0.2) is 10.8 Å². The summed E-state index contributed by atoms with van der Waals surface area (Å²) in [6.07, 6.45) is 40.7. The van der Waals surface area contributed by atoms with Gasteiger partial charge in [-0.25, -0.2) is 15.0 Å². The van der Waals surface area contributed by atoms with E-state index in [1.165, 1.54) is 278 Å². The molecule has 0 fully saturated rings. The van der Waals surface area contributed by atoms with Crippen LogP contribution in [0.1, 0.15) is 264 Å². The number of aromatic nitrogens is 3. The van der Waals surface area contributed by atoms with Gasteiger partial charge in [0, 0.05) is 46.3 Å². The molecule has 4 aromatic carbocycles. The second kappa shape index (κ2) is 29.3. The summed E-state index contributed by atoms with van der Waals surface area (Å²) in [5.41, 5.74) is 20.3. The van der Waals surface area contributed by atoms with Gasteiger partial charge < -0.3 is 0 Å². The first-order valence-corrected chi connectivity index (χ1v) is 36.8. The van der Waals surface area contributed by atoms with Crippen molar-refractivity contribution in [3.63, 3.8) is 0 Å². The molecule has 0 amide bonds. The van der Waals surface area contributed by atoms with Crippen molar-refractivity contribution < 1.29 is 0 Å². The highest BCUT2D eigenvalue weighted by Gasteiger charge is 2.44. The maximum absolute atomic E-state index is 5.68. The van der Waals surface area contributed by atoms with Gasteiger partial charge in [-0.1, -0.05) is 242 Å². The van der Waals surface area contributed by atoms with Crippen molar-refractivity contribution in [2.24, 2.45) is 0 Å². The Hall–Kier alpha value is -5.01. The first-order chi connectivity index (χ1) is 41.7. The summed E-state index contributed by atoms with van der Waals surface area (Å²) in [6, 6.07) is 41.7. The average molecular weight is 1190 g/mol. The fourth-order valence-electron chi connectivity index (χ4n) is 15.2. The zero-order valence-electron chi connectivity index (χ0n) is 53.0. The van der Waals surface area contributed by atoms with Crippen LogP contribution in [0.25, 0.3) is 75.8 Å². The lowest BCUT2D eigenvalue weighted by Gasteiger charge is -2.33. The minimum absolute atomic E-state index is 0.0194. The zero-order valence-corrected chi connectivity index (χ0v) is 55.5. The van der Waals surface area contributed by atoms with Crippen LogP contribution >= 0.6 is 34.0 Å². The Morgan fingerprint density at radius 1 is 0.365 bits per heavy atom. The van der Waals surface area contributed by atoms with Crippen LogP contribution in [0.5, 0.6) is 0 Å². The summed E-state index contributed by atoms with van der Waals surface area (Å²) >= 11 is 5.71. The standard InChI is InChI=1S/C79H99N3S3/c1-7-11-15-19-23-29-47-78(48-30-24-20-16-12-8-2)65-51-56(5)35-40-61(65)62-41-37-58(52-66(62)78)70-55-71(81-76(80-70)77-82-69-33-27-28-34-73(69)85-77)59-38-42-63-64-43-39-60(72-45-46-75(84-72)74-44-36-57(6)83-74)54-68(64)79(67(63)53-59,49-31-25-21-17-13-9-3)50-32-26-22-18-14-10-4/h35-46,51-55H,7-34,47-50H2,1-6H3. The number of fused-ring (bicyclic) bond motifs is 7. The molecule has 0 saturated heterocycles. The van der Waals surface area contributed by atoms with Crippen LogP contribution in [0.4, 0.5) is 0 Å². The Kier molecular flexibility index (Phi) is 21.3. The molecule has 0 spiro atoms. The van der Waals surface area contributed by atoms with Gasteiger partial charge in [-0.05, 0) is 164 Å². The molecule has 0 unspecified atom stereocenters. The first-order valence-electron chi connectivity index (χ1n) is 34.4. The summed E-state index contributed by atoms with van der Waals surface area (Å²) in [4.78, 5) is 23.7. The van der Waals surface area contributed by atoms with Gasteiger partial charge >= 0.3 is 0 Å². The molecule has 6 heteroatoms. The molecule has 3 nitrogen and oxygen atoms in total. The van der Waals surface area contributed by atoms with Crippen LogP contribution in [0.15, 0.2) is 103 Å². The Balaban J connectivity index is 1.03. The second-order valence-electron chi connectivity index (χ2n) is 26.2. The molecule has 4 aromatic heterocycles. The van der Waals surface area contributed by atoms with E-state index in [0.29, 0.717) is 0 Å². The van der Waals surface area contributed by atoms with Crippen molar-refractivity contribution in [3.05, 3.63) is 146 Å². The van der Waals surface area contributed by atoms with E-state index in [9.17, 15) is 0 Å². The van der Waals surface area contributed by atoms with Crippen LogP contribution < -0.4 is 0 Å². The number of unbranched alkanes of at least 4 members (excludes halogenated alkanes) is 20. The van der Waals surface area contributed by atoms with Crippen LogP contribution in [0, 0.1) is 13.8 Å². The number of benzene rings is 4. The molecule has 0 N–H and O–H groups in total. The average Bonchev–Trinajstić information content (AvgIpc) is 1.70. The van der Waals surface area contributed by atoms with Gasteiger partial charge in [0.05, 0.1) is 17.1 Å². The molecular weight excluding hydrogens is 1090 g/mol. The zero-order chi connectivity index (χ0) is 58.6. The van der Waals surface area contributed by atoms with E-state index >= 15 is 0 Å². The smallest absolute Gasteiger partial charge is 0.189 e. The SMILES string of the molecule is CCCCCCCCC1(CCCCCCCC)c2cc(C)ccc2-c2ccc(-c3cc(-c4ccc5c(c4)C(CCCCCCCC)(CCCCCCCC)c4cc(-c6ccc(-c7ccc(C)s7)s6)ccc4-5)nc(-c4nc5c(s4)CCCC5)n3)cc21. The molecule has 3 aliphatic carbocycles. The van der Waals surface area contributed by atoms with E-state index < -0.39 is 0 Å². The van der Waals surface area contributed by atoms with Crippen molar-refractivity contribution in [2.75, 3.05) is 0 Å². The molecule has 11 rings (SSSR count). The molecule has 0 saturated carbocycles. The number of thiazole rings is 1. The van der Waals surface area contributed by atoms with Gasteiger partial charge in [-0.15, -0.1) is 34.0 Å². The minimum atomic E-state index is -0.0904. The fraction of sp³-hybridized carbons (Fsp3) is 0.506. The number of hydrogen-bond acceptors (Lipinski definition) is 6. The lowest BCUT2D eigenvalue weighted by Crippen LogP contribution is -2.26. The highest BCUT2D eigenvalue weighted by Crippen LogP contribution is 2.58. The summed E-state index contributed by atoms with van der Waals surface area (Å²) in [5.74, 6) is 0.781. The van der Waals surface area contributed by atoms with Gasteiger partial charge in [-0.2, -0.15) is 0 Å². The fourth-order valence-corrected chi connectivity index (χ4v) is 18.3. The highest BCUT2D eigenvalue weighted by atomic mass is 32.1. The molecule has 0 radical (unpaired) electrons. The number of thiophene rings is 2. The molecule has 0 aliphatic heterocycles. The van der Waals surface area contributed by atoms with Gasteiger partial charge in [-0.3, -0.25) is 0 Å². The Morgan fingerprint density at radius 2 is 0.776 bits per heavy atom. The minimum Gasteiger partial charge on any atom is -0.237 e. The number of hydrogen-bond donors (Lipinski definition) is 0. The Labute approximate surface area is 525 Å². The van der Waals surface area contributed by atoms with Gasteiger partial charge in [0.2, 0.25) is 0 Å². The molecule has 0 atom stereocenters. The van der Waals surface area contributed by atoms with E-state index in [4.69, 9.17) is 15.0 Å². The molecule has 3 aliphatic rings. The summed E-state index contributed by atoms with van der Waals surface area (Å²) in [7, 11) is 0. The van der Waals surface area contributed by atoms with E-state index in [2.05, 4.69) is 145 Å². The molecule has 85 heavy (non-hydrogen) atoms. The third-order valence-electron chi connectivity index (χ3n) is 19.9. The van der Waals surface area contributed by atoms with Crippen molar-refractivity contribution in [3.8, 4) is 75.8 Å². The van der Waals surface area contributed by atoms with Gasteiger partial charge in [0.1, 0.15) is 0 Å². The molecule has 4 heterocycles. The van der Waals surface area contributed by atoms with E-state index in [0.717, 1.165) is 35.1 Å². The highest BCUT2D eigenvalue weighted by molar-refractivity contribution is 7.23. The van der Waals surface area contributed by atoms with E-state index in [1.54, 1.807) is 11.1 Å². The monoisotopic (exact) mass is 1190 g/mol. The number of aryl methyl sites for hydroxylation is 4. The third-order valence-corrected chi connectivity index (χ3v) is 23.4. The molecular formula is C79H99N3S3. The van der Waals surface area contributed by atoms with Crippen molar-refractivity contribution in [1.82, 2.24) is 15.0 Å². The lowest BCUT2D eigenvalue weighted by atomic mass is 9.70. The van der Waals surface area contributed by atoms with Crippen molar-refractivity contribution in [1.29, 1.82) is 0 Å². The maximum Gasteiger partial charge on any atom is 0.189 e. The largest absolute Gasteiger partial charge is 0.237 e. The van der Waals surface area contributed by atoms with Crippen molar-refractivity contribution >= 4 is 34.0 Å². The predicted molar refractivity (Wildman–Crippen MR) is 371 cm³/mol. The van der Waals surface area contributed by atoms with Crippen LogP contribution in [0.3, 0.4) is 0 Å². The Morgan fingerprint density at radius 3 is 1.26 bits per heavy atom. The van der Waals surface area contributed by atoms with E-state index in [1.807, 2.05) is 34.0 Å². The summed E-state index contributed by atoms with van der Waals surface area (Å²) < 4.78 is 0. The summed E-state index contributed by atoms with van der Waals surface area (Å²) in [6.45, 7) is 13.9. The molecule has 8 aromatic rings. The van der Waals surface area contributed by atoms with Crippen LogP contribution in [-0.2, 0) is 23.7 Å². The summed E-state index contributed by atoms with van der Waals surface area (Å²) in [5, 5.41) is 0.979. The van der Waals surface area contributed by atoms with Gasteiger partial charge in [0.25, 0.3) is 0 Å². The second-order valence-corrected chi connectivity index (χ2v) is 29.7. The van der Waals surface area contributed by atoms with Crippen LogP contribution in [0.2, 0.25) is 0 Å². The quantitative estimate of drug-likeness (QED) is 0.0385. The third kappa shape index (κ3) is 13.8. The van der Waals surface area contributed by atoms with E-state index in [-0.39, 0.29) is 10.8 Å². The number of nitrogens with zero attached hydrogens (tertiary/aromatic N) is 3. The molecule has 448 valence electrons. The van der Waals surface area contributed by atoms with Crippen molar-refractivity contribution in [2.45, 2.75) is 258 Å². The topological polar surface area (TPSA) is 38.7 Å². The predicted octanol–water partition coefficient (Wildman–Crippen LogP) is 25.4. The maximum atomic E-state index is 5.68. The normalized spacial score (nSPS) is 14.4. The molecule has 0 bridgehead atoms. The first kappa shape index (κ1) is 61.6. The Bertz CT molecular complexity index is 3420.